The molecular formula is C24H19ClN2O3. The first-order valence-electron chi connectivity index (χ1n) is 9.44. The van der Waals surface area contributed by atoms with Gasteiger partial charge in [-0.3, -0.25) is 4.79 Å². The molecule has 0 bridgehead atoms. The fourth-order valence-electron chi connectivity index (χ4n) is 2.86. The van der Waals surface area contributed by atoms with E-state index in [2.05, 4.69) is 10.3 Å². The second-order valence-electron chi connectivity index (χ2n) is 6.68. The van der Waals surface area contributed by atoms with Crippen LogP contribution >= 0.6 is 11.6 Å². The number of benzene rings is 3. The van der Waals surface area contributed by atoms with Crippen LogP contribution in [0.5, 0.6) is 17.4 Å². The molecule has 1 amide bonds. The molecule has 0 radical (unpaired) electrons. The molecule has 150 valence electrons. The van der Waals surface area contributed by atoms with Crippen LogP contribution in [0.15, 0.2) is 84.9 Å². The van der Waals surface area contributed by atoms with Crippen LogP contribution in [0.2, 0.25) is 5.02 Å². The van der Waals surface area contributed by atoms with Gasteiger partial charge in [0.15, 0.2) is 6.10 Å². The number of anilines is 1. The zero-order valence-corrected chi connectivity index (χ0v) is 17.0. The molecule has 0 aliphatic rings. The number of carbonyl (C=O) groups is 1. The summed E-state index contributed by atoms with van der Waals surface area (Å²) in [6.07, 6.45) is -0.647. The Bertz CT molecular complexity index is 1160. The summed E-state index contributed by atoms with van der Waals surface area (Å²) in [6, 6.07) is 25.5. The van der Waals surface area contributed by atoms with Gasteiger partial charge in [-0.25, -0.2) is 4.98 Å². The van der Waals surface area contributed by atoms with Crippen LogP contribution in [-0.4, -0.2) is 17.0 Å². The molecule has 0 saturated carbocycles. The van der Waals surface area contributed by atoms with Crippen LogP contribution in [-0.2, 0) is 4.79 Å². The molecule has 1 atom stereocenters. The van der Waals surface area contributed by atoms with Gasteiger partial charge in [-0.15, -0.1) is 0 Å². The van der Waals surface area contributed by atoms with Gasteiger partial charge in [0, 0.05) is 22.2 Å². The predicted octanol–water partition coefficient (Wildman–Crippen LogP) is 6.09. The Morgan fingerprint density at radius 2 is 1.67 bits per heavy atom. The van der Waals surface area contributed by atoms with Gasteiger partial charge < -0.3 is 14.8 Å². The number of nitrogens with one attached hydrogen (secondary N) is 1. The molecule has 0 aliphatic carbocycles. The first-order chi connectivity index (χ1) is 14.6. The summed E-state index contributed by atoms with van der Waals surface area (Å²) in [4.78, 5) is 16.8. The number of aromatic nitrogens is 1. The molecule has 1 N–H and O–H groups in total. The SMILES string of the molecule is CC(Oc1ccc(Oc2ccc3cc(Cl)ccc3n2)cc1)C(=O)Nc1ccccc1. The van der Waals surface area contributed by atoms with Gasteiger partial charge in [0.2, 0.25) is 5.88 Å². The van der Waals surface area contributed by atoms with Crippen molar-refractivity contribution in [1.29, 1.82) is 0 Å². The lowest BCUT2D eigenvalue weighted by atomic mass is 10.2. The number of para-hydroxylation sites is 1. The molecule has 0 fully saturated rings. The lowest BCUT2D eigenvalue weighted by Crippen LogP contribution is -2.30. The standard InChI is InChI=1S/C24H19ClN2O3/c1-16(24(28)26-19-5-3-2-4-6-19)29-20-9-11-21(12-10-20)30-23-14-7-17-15-18(25)8-13-22(17)27-23/h2-16H,1H3,(H,26,28). The first kappa shape index (κ1) is 19.7. The molecule has 0 spiro atoms. The van der Waals surface area contributed by atoms with Crippen LogP contribution in [0.25, 0.3) is 10.9 Å². The number of hydrogen-bond donors (Lipinski definition) is 1. The summed E-state index contributed by atoms with van der Waals surface area (Å²) >= 11 is 6.00. The fraction of sp³-hybridized carbons (Fsp3) is 0.0833. The number of carbonyl (C=O) groups excluding carboxylic acids is 1. The molecule has 0 saturated heterocycles. The van der Waals surface area contributed by atoms with Crippen LogP contribution in [0.4, 0.5) is 5.69 Å². The molecule has 3 aromatic carbocycles. The minimum atomic E-state index is -0.647. The highest BCUT2D eigenvalue weighted by Crippen LogP contribution is 2.26. The Morgan fingerprint density at radius 3 is 2.43 bits per heavy atom. The summed E-state index contributed by atoms with van der Waals surface area (Å²) in [5.74, 6) is 1.44. The van der Waals surface area contributed by atoms with Gasteiger partial charge in [-0.1, -0.05) is 29.8 Å². The van der Waals surface area contributed by atoms with Crippen molar-refractivity contribution in [2.45, 2.75) is 13.0 Å². The highest BCUT2D eigenvalue weighted by Gasteiger charge is 2.15. The average Bonchev–Trinajstić information content (AvgIpc) is 2.76. The van der Waals surface area contributed by atoms with Gasteiger partial charge in [0.1, 0.15) is 11.5 Å². The van der Waals surface area contributed by atoms with Gasteiger partial charge in [-0.2, -0.15) is 0 Å². The number of rotatable bonds is 6. The summed E-state index contributed by atoms with van der Waals surface area (Å²) in [7, 11) is 0. The number of nitrogens with zero attached hydrogens (tertiary/aromatic N) is 1. The third-order valence-electron chi connectivity index (χ3n) is 4.40. The number of pyridine rings is 1. The second kappa shape index (κ2) is 8.84. The van der Waals surface area contributed by atoms with Crippen LogP contribution < -0.4 is 14.8 Å². The monoisotopic (exact) mass is 418 g/mol. The fourth-order valence-corrected chi connectivity index (χ4v) is 3.05. The van der Waals surface area contributed by atoms with Crippen molar-refractivity contribution in [3.8, 4) is 17.4 Å². The molecule has 4 rings (SSSR count). The number of ether oxygens (including phenoxy) is 2. The predicted molar refractivity (Wildman–Crippen MR) is 118 cm³/mol. The van der Waals surface area contributed by atoms with Crippen LogP contribution in [0.3, 0.4) is 0 Å². The van der Waals surface area contributed by atoms with Gasteiger partial charge in [-0.05, 0) is 67.6 Å². The second-order valence-corrected chi connectivity index (χ2v) is 7.11. The van der Waals surface area contributed by atoms with Crippen LogP contribution in [0, 0.1) is 0 Å². The summed E-state index contributed by atoms with van der Waals surface area (Å²) in [6.45, 7) is 1.70. The largest absolute Gasteiger partial charge is 0.481 e. The minimum absolute atomic E-state index is 0.220. The highest BCUT2D eigenvalue weighted by molar-refractivity contribution is 6.31. The van der Waals surface area contributed by atoms with E-state index in [1.54, 1.807) is 43.3 Å². The third-order valence-corrected chi connectivity index (χ3v) is 4.63. The first-order valence-corrected chi connectivity index (χ1v) is 9.81. The molecule has 1 unspecified atom stereocenters. The van der Waals surface area contributed by atoms with Crippen LogP contribution in [0.1, 0.15) is 6.92 Å². The van der Waals surface area contributed by atoms with Crippen molar-refractivity contribution in [1.82, 2.24) is 4.98 Å². The highest BCUT2D eigenvalue weighted by atomic mass is 35.5. The normalized spacial score (nSPS) is 11.7. The van der Waals surface area contributed by atoms with E-state index in [1.807, 2.05) is 48.5 Å². The zero-order chi connectivity index (χ0) is 20.9. The van der Waals surface area contributed by atoms with Crippen molar-refractivity contribution < 1.29 is 14.3 Å². The van der Waals surface area contributed by atoms with Crippen molar-refractivity contribution in [3.63, 3.8) is 0 Å². The number of halogens is 1. The summed E-state index contributed by atoms with van der Waals surface area (Å²) < 4.78 is 11.6. The summed E-state index contributed by atoms with van der Waals surface area (Å²) in [5.41, 5.74) is 1.53. The van der Waals surface area contributed by atoms with Crippen molar-refractivity contribution >= 4 is 34.1 Å². The Morgan fingerprint density at radius 1 is 0.933 bits per heavy atom. The van der Waals surface area contributed by atoms with E-state index in [-0.39, 0.29) is 5.91 Å². The maximum absolute atomic E-state index is 12.3. The Hall–Kier alpha value is -3.57. The Labute approximate surface area is 179 Å². The molecule has 1 aromatic heterocycles. The van der Waals surface area contributed by atoms with E-state index in [9.17, 15) is 4.79 Å². The molecule has 1 heterocycles. The molecule has 4 aromatic rings. The van der Waals surface area contributed by atoms with E-state index in [4.69, 9.17) is 21.1 Å². The molecule has 6 heteroatoms. The minimum Gasteiger partial charge on any atom is -0.481 e. The average molecular weight is 419 g/mol. The van der Waals surface area contributed by atoms with Crippen molar-refractivity contribution in [2.75, 3.05) is 5.32 Å². The lowest BCUT2D eigenvalue weighted by molar-refractivity contribution is -0.122. The Balaban J connectivity index is 1.38. The topological polar surface area (TPSA) is 60.5 Å². The molecular weight excluding hydrogens is 400 g/mol. The van der Waals surface area contributed by atoms with Crippen molar-refractivity contribution in [3.05, 3.63) is 90.0 Å². The molecule has 0 aliphatic heterocycles. The van der Waals surface area contributed by atoms with E-state index in [0.29, 0.717) is 22.4 Å². The van der Waals surface area contributed by atoms with Gasteiger partial charge in [0.05, 0.1) is 5.52 Å². The number of amides is 1. The smallest absolute Gasteiger partial charge is 0.265 e. The van der Waals surface area contributed by atoms with Crippen molar-refractivity contribution in [2.24, 2.45) is 0 Å². The van der Waals surface area contributed by atoms with E-state index in [1.165, 1.54) is 0 Å². The quantitative estimate of drug-likeness (QED) is 0.411. The van der Waals surface area contributed by atoms with E-state index < -0.39 is 6.10 Å². The molecule has 30 heavy (non-hydrogen) atoms. The number of hydrogen-bond acceptors (Lipinski definition) is 4. The van der Waals surface area contributed by atoms with Gasteiger partial charge in [0.25, 0.3) is 5.91 Å². The third kappa shape index (κ3) is 4.88. The number of fused-ring (bicyclic) bond motifs is 1. The van der Waals surface area contributed by atoms with E-state index in [0.717, 1.165) is 16.6 Å². The maximum atomic E-state index is 12.3. The van der Waals surface area contributed by atoms with E-state index >= 15 is 0 Å². The Kier molecular flexibility index (Phi) is 5.82. The maximum Gasteiger partial charge on any atom is 0.265 e. The molecule has 5 nitrogen and oxygen atoms in total. The lowest BCUT2D eigenvalue weighted by Gasteiger charge is -2.15. The van der Waals surface area contributed by atoms with Gasteiger partial charge >= 0.3 is 0 Å². The summed E-state index contributed by atoms with van der Waals surface area (Å²) in [5, 5.41) is 4.43. The zero-order valence-electron chi connectivity index (χ0n) is 16.2.